The summed E-state index contributed by atoms with van der Waals surface area (Å²) in [5.74, 6) is 0.825. The third kappa shape index (κ3) is 2.29. The number of hydrogen-bond donors (Lipinski definition) is 1. The first-order valence-corrected chi connectivity index (χ1v) is 9.75. The van der Waals surface area contributed by atoms with Crippen molar-refractivity contribution in [2.75, 3.05) is 7.11 Å². The highest BCUT2D eigenvalue weighted by atomic mass is 32.1. The van der Waals surface area contributed by atoms with Crippen molar-refractivity contribution >= 4 is 11.3 Å². The molecule has 5 rings (SSSR count). The second-order valence-electron chi connectivity index (χ2n) is 6.69. The van der Waals surface area contributed by atoms with Gasteiger partial charge in [-0.25, -0.2) is 0 Å². The van der Waals surface area contributed by atoms with Gasteiger partial charge < -0.3 is 9.84 Å². The third-order valence-corrected chi connectivity index (χ3v) is 6.34. The molecule has 0 saturated heterocycles. The van der Waals surface area contributed by atoms with Crippen LogP contribution in [-0.2, 0) is 5.60 Å². The molecule has 4 aromatic rings. The van der Waals surface area contributed by atoms with E-state index in [1.165, 1.54) is 0 Å². The van der Waals surface area contributed by atoms with Crippen LogP contribution in [0.3, 0.4) is 0 Å². The first-order valence-electron chi connectivity index (χ1n) is 8.87. The van der Waals surface area contributed by atoms with Crippen molar-refractivity contribution in [1.82, 2.24) is 0 Å². The second-order valence-corrected chi connectivity index (χ2v) is 7.61. The van der Waals surface area contributed by atoms with E-state index in [1.807, 2.05) is 60.7 Å². The average Bonchev–Trinajstić information content (AvgIpc) is 3.32. The van der Waals surface area contributed by atoms with Crippen LogP contribution in [-0.4, -0.2) is 12.2 Å². The lowest BCUT2D eigenvalue weighted by Gasteiger charge is -2.26. The van der Waals surface area contributed by atoms with Crippen molar-refractivity contribution in [2.24, 2.45) is 0 Å². The van der Waals surface area contributed by atoms with Crippen LogP contribution in [0, 0.1) is 0 Å². The topological polar surface area (TPSA) is 29.5 Å². The number of thiophene rings is 1. The molecule has 3 aromatic carbocycles. The van der Waals surface area contributed by atoms with E-state index in [-0.39, 0.29) is 0 Å². The summed E-state index contributed by atoms with van der Waals surface area (Å²) in [5.41, 5.74) is 5.08. The highest BCUT2D eigenvalue weighted by Gasteiger charge is 2.44. The summed E-state index contributed by atoms with van der Waals surface area (Å²) in [6.07, 6.45) is 0. The van der Waals surface area contributed by atoms with Crippen LogP contribution in [0.5, 0.6) is 5.75 Å². The minimum Gasteiger partial charge on any atom is -0.497 e. The second kappa shape index (κ2) is 6.08. The van der Waals surface area contributed by atoms with Crippen molar-refractivity contribution in [3.63, 3.8) is 0 Å². The molecule has 1 aromatic heterocycles. The Morgan fingerprint density at radius 3 is 1.93 bits per heavy atom. The van der Waals surface area contributed by atoms with Crippen LogP contribution in [0.4, 0.5) is 0 Å². The van der Waals surface area contributed by atoms with Crippen molar-refractivity contribution in [1.29, 1.82) is 0 Å². The zero-order chi connectivity index (χ0) is 18.4. The van der Waals surface area contributed by atoms with Gasteiger partial charge in [-0.1, -0.05) is 60.7 Å². The summed E-state index contributed by atoms with van der Waals surface area (Å²) in [6, 6.07) is 26.4. The van der Waals surface area contributed by atoms with Crippen LogP contribution in [0.15, 0.2) is 84.2 Å². The first kappa shape index (κ1) is 16.3. The molecule has 0 saturated carbocycles. The molecule has 1 N–H and O–H groups in total. The fraction of sp³-hybridized carbons (Fsp3) is 0.0833. The summed E-state index contributed by atoms with van der Waals surface area (Å²) in [5, 5.41) is 14.1. The molecular weight excluding hydrogens is 352 g/mol. The van der Waals surface area contributed by atoms with Crippen molar-refractivity contribution in [3.05, 3.63) is 100 Å². The maximum atomic E-state index is 12.1. The lowest BCUT2D eigenvalue weighted by molar-refractivity contribution is 0.135. The van der Waals surface area contributed by atoms with Crippen LogP contribution >= 0.6 is 11.3 Å². The average molecular weight is 370 g/mol. The molecule has 2 nitrogen and oxygen atoms in total. The number of ether oxygens (including phenoxy) is 1. The van der Waals surface area contributed by atoms with E-state index in [4.69, 9.17) is 4.74 Å². The van der Waals surface area contributed by atoms with Crippen LogP contribution in [0.1, 0.15) is 16.0 Å². The van der Waals surface area contributed by atoms with Crippen molar-refractivity contribution in [2.45, 2.75) is 5.60 Å². The van der Waals surface area contributed by atoms with Crippen LogP contribution < -0.4 is 4.74 Å². The van der Waals surface area contributed by atoms with E-state index < -0.39 is 5.60 Å². The van der Waals surface area contributed by atoms with E-state index in [0.29, 0.717) is 0 Å². The Bertz CT molecular complexity index is 1080. The highest BCUT2D eigenvalue weighted by Crippen LogP contribution is 2.54. The Morgan fingerprint density at radius 1 is 0.741 bits per heavy atom. The number of benzene rings is 3. The lowest BCUT2D eigenvalue weighted by atomic mass is 9.86. The van der Waals surface area contributed by atoms with Gasteiger partial charge in [0.1, 0.15) is 5.75 Å². The van der Waals surface area contributed by atoms with E-state index in [0.717, 1.165) is 44.0 Å². The predicted molar refractivity (Wildman–Crippen MR) is 110 cm³/mol. The quantitative estimate of drug-likeness (QED) is 0.502. The fourth-order valence-electron chi connectivity index (χ4n) is 4.04. The Hall–Kier alpha value is -2.88. The maximum Gasteiger partial charge on any atom is 0.151 e. The Balaban J connectivity index is 1.75. The largest absolute Gasteiger partial charge is 0.497 e. The van der Waals surface area contributed by atoms with E-state index in [1.54, 1.807) is 18.4 Å². The standard InChI is InChI=1S/C24H18O2S/c1-26-17-12-10-16(11-13-17)18-14-15-27-23(18)24(25)21-8-4-2-6-19(21)20-7-3-5-9-22(20)24/h2-15,25H,1H3. The molecule has 0 spiro atoms. The van der Waals surface area contributed by atoms with Gasteiger partial charge in [0.05, 0.1) is 12.0 Å². The van der Waals surface area contributed by atoms with Crippen LogP contribution in [0.25, 0.3) is 22.3 Å². The molecule has 0 unspecified atom stereocenters. The van der Waals surface area contributed by atoms with Gasteiger partial charge in [-0.2, -0.15) is 0 Å². The summed E-state index contributed by atoms with van der Waals surface area (Å²) in [4.78, 5) is 0.949. The number of aliphatic hydroxyl groups is 1. The molecule has 3 heteroatoms. The van der Waals surface area contributed by atoms with Gasteiger partial charge in [0.15, 0.2) is 5.60 Å². The van der Waals surface area contributed by atoms with Gasteiger partial charge >= 0.3 is 0 Å². The number of hydrogen-bond acceptors (Lipinski definition) is 3. The SMILES string of the molecule is COc1ccc(-c2ccsc2C2(O)c3ccccc3-c3ccccc32)cc1. The minimum absolute atomic E-state index is 0.825. The van der Waals surface area contributed by atoms with E-state index in [2.05, 4.69) is 23.6 Å². The molecule has 27 heavy (non-hydrogen) atoms. The maximum absolute atomic E-state index is 12.1. The number of fused-ring (bicyclic) bond motifs is 3. The molecule has 0 bridgehead atoms. The zero-order valence-electron chi connectivity index (χ0n) is 14.8. The Labute approximate surface area is 162 Å². The molecule has 0 aliphatic heterocycles. The van der Waals surface area contributed by atoms with Gasteiger partial charge in [0.2, 0.25) is 0 Å². The first-order chi connectivity index (χ1) is 13.2. The smallest absolute Gasteiger partial charge is 0.151 e. The van der Waals surface area contributed by atoms with E-state index >= 15 is 0 Å². The summed E-state index contributed by atoms with van der Waals surface area (Å²) in [7, 11) is 1.67. The molecule has 0 radical (unpaired) electrons. The molecule has 0 atom stereocenters. The Kier molecular flexibility index (Phi) is 3.67. The third-order valence-electron chi connectivity index (χ3n) is 5.32. The lowest BCUT2D eigenvalue weighted by Crippen LogP contribution is -2.25. The van der Waals surface area contributed by atoms with Crippen molar-refractivity contribution < 1.29 is 9.84 Å². The summed E-state index contributed by atoms with van der Waals surface area (Å²) in [6.45, 7) is 0. The molecule has 1 aliphatic carbocycles. The summed E-state index contributed by atoms with van der Waals surface area (Å²) < 4.78 is 5.28. The zero-order valence-corrected chi connectivity index (χ0v) is 15.7. The number of rotatable bonds is 3. The highest BCUT2D eigenvalue weighted by molar-refractivity contribution is 7.10. The Morgan fingerprint density at radius 2 is 1.33 bits per heavy atom. The fourth-order valence-corrected chi connectivity index (χ4v) is 5.09. The van der Waals surface area contributed by atoms with Crippen LogP contribution in [0.2, 0.25) is 0 Å². The molecule has 1 heterocycles. The van der Waals surface area contributed by atoms with Crippen molar-refractivity contribution in [3.8, 4) is 28.0 Å². The van der Waals surface area contributed by atoms with Gasteiger partial charge in [0, 0.05) is 11.1 Å². The molecule has 1 aliphatic rings. The van der Waals surface area contributed by atoms with E-state index in [9.17, 15) is 5.11 Å². The van der Waals surface area contributed by atoms with Gasteiger partial charge in [-0.05, 0) is 45.8 Å². The monoisotopic (exact) mass is 370 g/mol. The number of methoxy groups -OCH3 is 1. The molecular formula is C24H18O2S. The van der Waals surface area contributed by atoms with Gasteiger partial charge in [0.25, 0.3) is 0 Å². The summed E-state index contributed by atoms with van der Waals surface area (Å²) >= 11 is 1.60. The normalized spacial score (nSPS) is 13.9. The molecule has 132 valence electrons. The van der Waals surface area contributed by atoms with Gasteiger partial charge in [-0.15, -0.1) is 11.3 Å². The predicted octanol–water partition coefficient (Wildman–Crippen LogP) is 5.69. The molecule has 0 fully saturated rings. The van der Waals surface area contributed by atoms with Gasteiger partial charge in [-0.3, -0.25) is 0 Å². The molecule has 0 amide bonds. The minimum atomic E-state index is -1.14.